The van der Waals surface area contributed by atoms with Crippen LogP contribution in [0.2, 0.25) is 18.1 Å². The first-order valence-corrected chi connectivity index (χ1v) is 9.11. The molecule has 1 N–H and O–H groups in total. The van der Waals surface area contributed by atoms with E-state index < -0.39 is 14.4 Å². The van der Waals surface area contributed by atoms with E-state index in [9.17, 15) is 9.90 Å². The molecule has 0 aliphatic carbocycles. The fourth-order valence-corrected chi connectivity index (χ4v) is 2.77. The standard InChI is InChI=1S/C12H25NO3Si/c1-12(2,3)17(4,5)16-8-10-6-11(15)7-13(10)9-14/h9-11,15H,6-8H2,1-5H3/t10-,11+/m0/s1. The highest BCUT2D eigenvalue weighted by Gasteiger charge is 2.39. The number of hydrogen-bond acceptors (Lipinski definition) is 3. The normalized spacial score (nSPS) is 26.4. The number of β-amino-alcohol motifs (C(OH)–C–C–N with tert-alkyl or cyclic N) is 1. The summed E-state index contributed by atoms with van der Waals surface area (Å²) in [5.74, 6) is 0. The van der Waals surface area contributed by atoms with E-state index >= 15 is 0 Å². The Kier molecular flexibility index (Phi) is 4.38. The van der Waals surface area contributed by atoms with Crippen LogP contribution in [-0.4, -0.2) is 50.0 Å². The van der Waals surface area contributed by atoms with Gasteiger partial charge in [0.15, 0.2) is 8.32 Å². The third-order valence-electron chi connectivity index (χ3n) is 4.01. The van der Waals surface area contributed by atoms with Gasteiger partial charge in [0.05, 0.1) is 18.8 Å². The summed E-state index contributed by atoms with van der Waals surface area (Å²) in [6.07, 6.45) is 1.05. The van der Waals surface area contributed by atoms with Crippen molar-refractivity contribution in [2.45, 2.75) is 57.5 Å². The van der Waals surface area contributed by atoms with Crippen molar-refractivity contribution in [3.05, 3.63) is 0 Å². The number of carbonyl (C=O) groups is 1. The van der Waals surface area contributed by atoms with Gasteiger partial charge in [-0.25, -0.2) is 0 Å². The van der Waals surface area contributed by atoms with Crippen LogP contribution in [0, 0.1) is 0 Å². The van der Waals surface area contributed by atoms with Crippen molar-refractivity contribution in [2.75, 3.05) is 13.2 Å². The van der Waals surface area contributed by atoms with Crippen LogP contribution in [0.4, 0.5) is 0 Å². The minimum absolute atomic E-state index is 0.0385. The SMILES string of the molecule is CC(C)(C)[Si](C)(C)OC[C@@H]1C[C@@H](O)CN1C=O. The van der Waals surface area contributed by atoms with Crippen LogP contribution < -0.4 is 0 Å². The molecule has 0 radical (unpaired) electrons. The molecule has 1 aliphatic heterocycles. The Morgan fingerprint density at radius 3 is 2.53 bits per heavy atom. The number of aliphatic hydroxyl groups excluding tert-OH is 1. The zero-order chi connectivity index (χ0) is 13.3. The van der Waals surface area contributed by atoms with E-state index in [4.69, 9.17) is 4.43 Å². The lowest BCUT2D eigenvalue weighted by Gasteiger charge is -2.37. The number of amides is 1. The van der Waals surface area contributed by atoms with Gasteiger partial charge in [0.2, 0.25) is 6.41 Å². The van der Waals surface area contributed by atoms with E-state index in [0.29, 0.717) is 19.6 Å². The zero-order valence-corrected chi connectivity index (χ0v) is 12.6. The molecule has 1 amide bonds. The van der Waals surface area contributed by atoms with Crippen molar-refractivity contribution in [1.29, 1.82) is 0 Å². The molecule has 4 nitrogen and oxygen atoms in total. The van der Waals surface area contributed by atoms with Gasteiger partial charge in [0, 0.05) is 6.54 Å². The second-order valence-electron chi connectivity index (χ2n) is 6.42. The predicted molar refractivity (Wildman–Crippen MR) is 70.3 cm³/mol. The minimum Gasteiger partial charge on any atom is -0.415 e. The van der Waals surface area contributed by atoms with Crippen LogP contribution in [0.5, 0.6) is 0 Å². The molecule has 1 heterocycles. The summed E-state index contributed by atoms with van der Waals surface area (Å²) >= 11 is 0. The number of rotatable bonds is 4. The highest BCUT2D eigenvalue weighted by Crippen LogP contribution is 2.37. The fourth-order valence-electron chi connectivity index (χ4n) is 1.73. The molecule has 0 bridgehead atoms. The second-order valence-corrected chi connectivity index (χ2v) is 11.2. The van der Waals surface area contributed by atoms with Gasteiger partial charge < -0.3 is 14.4 Å². The van der Waals surface area contributed by atoms with Crippen molar-refractivity contribution in [2.24, 2.45) is 0 Å². The monoisotopic (exact) mass is 259 g/mol. The summed E-state index contributed by atoms with van der Waals surface area (Å²) in [4.78, 5) is 12.5. The summed E-state index contributed by atoms with van der Waals surface area (Å²) in [5, 5.41) is 9.72. The lowest BCUT2D eigenvalue weighted by atomic mass is 10.2. The number of carbonyl (C=O) groups excluding carboxylic acids is 1. The van der Waals surface area contributed by atoms with Crippen LogP contribution in [0.3, 0.4) is 0 Å². The molecule has 0 spiro atoms. The van der Waals surface area contributed by atoms with Gasteiger partial charge in [-0.3, -0.25) is 4.79 Å². The van der Waals surface area contributed by atoms with E-state index in [1.54, 1.807) is 4.90 Å². The summed E-state index contributed by atoms with van der Waals surface area (Å²) in [5.41, 5.74) is 0. The first-order chi connectivity index (χ1) is 7.67. The lowest BCUT2D eigenvalue weighted by Crippen LogP contribution is -2.44. The Morgan fingerprint density at radius 1 is 1.47 bits per heavy atom. The zero-order valence-electron chi connectivity index (χ0n) is 11.6. The maximum atomic E-state index is 10.9. The maximum absolute atomic E-state index is 10.9. The molecule has 1 aliphatic rings. The first kappa shape index (κ1) is 14.7. The van der Waals surface area contributed by atoms with Crippen molar-refractivity contribution in [1.82, 2.24) is 4.90 Å². The molecular formula is C12H25NO3Si. The molecule has 0 aromatic rings. The highest BCUT2D eigenvalue weighted by atomic mass is 28.4. The molecule has 0 unspecified atom stereocenters. The topological polar surface area (TPSA) is 49.8 Å². The predicted octanol–water partition coefficient (Wildman–Crippen LogP) is 1.60. The molecular weight excluding hydrogens is 234 g/mol. The second kappa shape index (κ2) is 5.08. The molecule has 1 fully saturated rings. The molecule has 0 aromatic carbocycles. The first-order valence-electron chi connectivity index (χ1n) is 6.20. The van der Waals surface area contributed by atoms with Gasteiger partial charge in [-0.1, -0.05) is 20.8 Å². The molecule has 2 atom stereocenters. The van der Waals surface area contributed by atoms with Crippen LogP contribution in [0.15, 0.2) is 0 Å². The smallest absolute Gasteiger partial charge is 0.210 e. The lowest BCUT2D eigenvalue weighted by molar-refractivity contribution is -0.119. The van der Waals surface area contributed by atoms with E-state index in [0.717, 1.165) is 6.41 Å². The van der Waals surface area contributed by atoms with Gasteiger partial charge in [-0.15, -0.1) is 0 Å². The van der Waals surface area contributed by atoms with E-state index in [1.807, 2.05) is 0 Å². The van der Waals surface area contributed by atoms with Gasteiger partial charge in [0.1, 0.15) is 0 Å². The fraction of sp³-hybridized carbons (Fsp3) is 0.917. The van der Waals surface area contributed by atoms with E-state index in [-0.39, 0.29) is 11.1 Å². The van der Waals surface area contributed by atoms with Crippen molar-refractivity contribution >= 4 is 14.7 Å². The van der Waals surface area contributed by atoms with Gasteiger partial charge in [0.25, 0.3) is 0 Å². The third kappa shape index (κ3) is 3.53. The largest absolute Gasteiger partial charge is 0.415 e. The van der Waals surface area contributed by atoms with Gasteiger partial charge in [-0.2, -0.15) is 0 Å². The van der Waals surface area contributed by atoms with Crippen molar-refractivity contribution in [3.63, 3.8) is 0 Å². The van der Waals surface area contributed by atoms with Crippen LogP contribution in [-0.2, 0) is 9.22 Å². The molecule has 0 aromatic heterocycles. The Hall–Kier alpha value is -0.393. The Bertz CT molecular complexity index is 275. The molecule has 100 valence electrons. The summed E-state index contributed by atoms with van der Waals surface area (Å²) in [6.45, 7) is 12.0. The highest BCUT2D eigenvalue weighted by molar-refractivity contribution is 6.74. The Balaban J connectivity index is 2.53. The van der Waals surface area contributed by atoms with Crippen molar-refractivity contribution in [3.8, 4) is 0 Å². The molecule has 0 saturated carbocycles. The van der Waals surface area contributed by atoms with Gasteiger partial charge >= 0.3 is 0 Å². The van der Waals surface area contributed by atoms with E-state index in [1.165, 1.54) is 0 Å². The quantitative estimate of drug-likeness (QED) is 0.616. The summed E-state index contributed by atoms with van der Waals surface area (Å²) < 4.78 is 6.09. The van der Waals surface area contributed by atoms with Crippen LogP contribution >= 0.6 is 0 Å². The Morgan fingerprint density at radius 2 is 2.06 bits per heavy atom. The van der Waals surface area contributed by atoms with Crippen LogP contribution in [0.25, 0.3) is 0 Å². The Labute approximate surface area is 105 Å². The van der Waals surface area contributed by atoms with Gasteiger partial charge in [-0.05, 0) is 24.6 Å². The average molecular weight is 259 g/mol. The molecule has 1 rings (SSSR count). The number of hydrogen-bond donors (Lipinski definition) is 1. The summed E-state index contributed by atoms with van der Waals surface area (Å²) in [6, 6.07) is 0.0385. The maximum Gasteiger partial charge on any atom is 0.210 e. The minimum atomic E-state index is -1.76. The third-order valence-corrected chi connectivity index (χ3v) is 8.51. The number of nitrogens with zero attached hydrogens (tertiary/aromatic N) is 1. The molecule has 5 heteroatoms. The molecule has 1 saturated heterocycles. The van der Waals surface area contributed by atoms with Crippen molar-refractivity contribution < 1.29 is 14.3 Å². The van der Waals surface area contributed by atoms with E-state index in [2.05, 4.69) is 33.9 Å². The number of aliphatic hydroxyl groups is 1. The summed E-state index contributed by atoms with van der Waals surface area (Å²) in [7, 11) is -1.76. The molecule has 17 heavy (non-hydrogen) atoms. The number of likely N-dealkylation sites (tertiary alicyclic amines) is 1. The average Bonchev–Trinajstić information content (AvgIpc) is 2.54. The van der Waals surface area contributed by atoms with Crippen LogP contribution in [0.1, 0.15) is 27.2 Å².